The van der Waals surface area contributed by atoms with Crippen LogP contribution in [-0.2, 0) is 14.2 Å². The third-order valence-electron chi connectivity index (χ3n) is 3.70. The standard InChI is InChI=1S/C20H37N3O6/c1-18(2,3)27-15(24)21-10-13-11-23(17(26)29-20(7,8)9)12-14(13)22-16(25)28-19(4,5)6/h13-14H,10-12H2,1-9H3,(H,21,24)(H,22,25)/t13-,14+/m0/s1. The molecule has 0 aromatic rings. The number of amides is 3. The van der Waals surface area contributed by atoms with Gasteiger partial charge in [0.1, 0.15) is 16.8 Å². The van der Waals surface area contributed by atoms with Crippen LogP contribution in [0, 0.1) is 5.92 Å². The fraction of sp³-hybridized carbons (Fsp3) is 0.850. The number of rotatable bonds is 3. The number of nitrogens with zero attached hydrogens (tertiary/aromatic N) is 1. The average Bonchev–Trinajstić information content (AvgIpc) is 2.82. The summed E-state index contributed by atoms with van der Waals surface area (Å²) < 4.78 is 16.0. The molecule has 0 bridgehead atoms. The lowest BCUT2D eigenvalue weighted by Gasteiger charge is -2.25. The molecule has 0 radical (unpaired) electrons. The molecule has 0 spiro atoms. The first-order valence-corrected chi connectivity index (χ1v) is 9.89. The number of hydrogen-bond donors (Lipinski definition) is 2. The van der Waals surface area contributed by atoms with Crippen LogP contribution < -0.4 is 10.6 Å². The first kappa shape index (κ1) is 24.8. The zero-order valence-electron chi connectivity index (χ0n) is 19.2. The molecule has 29 heavy (non-hydrogen) atoms. The van der Waals surface area contributed by atoms with E-state index in [9.17, 15) is 14.4 Å². The van der Waals surface area contributed by atoms with Crippen molar-refractivity contribution in [3.8, 4) is 0 Å². The molecule has 1 aliphatic heterocycles. The maximum Gasteiger partial charge on any atom is 0.410 e. The Balaban J connectivity index is 2.79. The molecule has 0 aromatic carbocycles. The maximum atomic E-state index is 12.4. The van der Waals surface area contributed by atoms with Crippen LogP contribution in [-0.4, -0.2) is 65.7 Å². The molecule has 0 saturated carbocycles. The summed E-state index contributed by atoms with van der Waals surface area (Å²) in [5.41, 5.74) is -1.88. The minimum atomic E-state index is -0.641. The van der Waals surface area contributed by atoms with Gasteiger partial charge in [-0.15, -0.1) is 0 Å². The quantitative estimate of drug-likeness (QED) is 0.685. The van der Waals surface area contributed by atoms with Gasteiger partial charge >= 0.3 is 18.3 Å². The van der Waals surface area contributed by atoms with Gasteiger partial charge in [-0.1, -0.05) is 0 Å². The summed E-state index contributed by atoms with van der Waals surface area (Å²) in [4.78, 5) is 38.2. The number of alkyl carbamates (subject to hydrolysis) is 2. The van der Waals surface area contributed by atoms with Gasteiger partial charge in [-0.2, -0.15) is 0 Å². The molecular formula is C20H37N3O6. The monoisotopic (exact) mass is 415 g/mol. The molecule has 1 saturated heterocycles. The van der Waals surface area contributed by atoms with Crippen LogP contribution in [0.3, 0.4) is 0 Å². The van der Waals surface area contributed by atoms with Crippen molar-refractivity contribution in [1.29, 1.82) is 0 Å². The van der Waals surface area contributed by atoms with Gasteiger partial charge in [-0.05, 0) is 62.3 Å². The van der Waals surface area contributed by atoms with Gasteiger partial charge in [0.05, 0.1) is 6.04 Å². The predicted molar refractivity (Wildman–Crippen MR) is 109 cm³/mol. The average molecular weight is 416 g/mol. The minimum Gasteiger partial charge on any atom is -0.444 e. The normalized spacial score (nSPS) is 20.1. The third kappa shape index (κ3) is 10.2. The van der Waals surface area contributed by atoms with Crippen molar-refractivity contribution in [1.82, 2.24) is 15.5 Å². The number of ether oxygens (including phenoxy) is 3. The molecule has 1 aliphatic rings. The molecule has 9 heteroatoms. The summed E-state index contributed by atoms with van der Waals surface area (Å²) in [5.74, 6) is -0.220. The van der Waals surface area contributed by atoms with Gasteiger partial charge in [-0.3, -0.25) is 0 Å². The molecule has 0 aromatic heterocycles. The smallest absolute Gasteiger partial charge is 0.410 e. The van der Waals surface area contributed by atoms with E-state index in [2.05, 4.69) is 10.6 Å². The second kappa shape index (κ2) is 9.09. The van der Waals surface area contributed by atoms with E-state index in [-0.39, 0.29) is 19.0 Å². The third-order valence-corrected chi connectivity index (χ3v) is 3.70. The van der Waals surface area contributed by atoms with Gasteiger partial charge < -0.3 is 29.7 Å². The first-order valence-electron chi connectivity index (χ1n) is 9.89. The topological polar surface area (TPSA) is 106 Å². The molecule has 0 unspecified atom stereocenters. The Labute approximate surface area is 173 Å². The van der Waals surface area contributed by atoms with E-state index >= 15 is 0 Å². The lowest BCUT2D eigenvalue weighted by atomic mass is 10.0. The SMILES string of the molecule is CC(C)(C)OC(=O)NC[C@H]1CN(C(=O)OC(C)(C)C)C[C@H]1NC(=O)OC(C)(C)C. The zero-order valence-corrected chi connectivity index (χ0v) is 19.2. The van der Waals surface area contributed by atoms with E-state index in [1.54, 1.807) is 62.3 Å². The predicted octanol–water partition coefficient (Wildman–Crippen LogP) is 3.27. The Morgan fingerprint density at radius 2 is 1.28 bits per heavy atom. The van der Waals surface area contributed by atoms with Crippen molar-refractivity contribution in [3.63, 3.8) is 0 Å². The summed E-state index contributed by atoms with van der Waals surface area (Å²) in [6.45, 7) is 16.8. The molecule has 1 fully saturated rings. The molecule has 3 amide bonds. The zero-order chi connectivity index (χ0) is 22.6. The molecule has 1 heterocycles. The number of carbonyl (C=O) groups is 3. The highest BCUT2D eigenvalue weighted by Gasteiger charge is 2.39. The Kier molecular flexibility index (Phi) is 7.79. The highest BCUT2D eigenvalue weighted by molar-refractivity contribution is 5.71. The minimum absolute atomic E-state index is 0.220. The molecule has 9 nitrogen and oxygen atoms in total. The van der Waals surface area contributed by atoms with Crippen molar-refractivity contribution in [2.24, 2.45) is 5.92 Å². The molecule has 1 rings (SSSR count). The highest BCUT2D eigenvalue weighted by atomic mass is 16.6. The van der Waals surface area contributed by atoms with Crippen molar-refractivity contribution in [3.05, 3.63) is 0 Å². The Bertz CT molecular complexity index is 601. The Morgan fingerprint density at radius 3 is 1.76 bits per heavy atom. The van der Waals surface area contributed by atoms with E-state index < -0.39 is 41.1 Å². The van der Waals surface area contributed by atoms with E-state index in [0.717, 1.165) is 0 Å². The molecule has 2 N–H and O–H groups in total. The van der Waals surface area contributed by atoms with Gasteiger partial charge in [0.25, 0.3) is 0 Å². The van der Waals surface area contributed by atoms with Crippen LogP contribution in [0.25, 0.3) is 0 Å². The summed E-state index contributed by atoms with van der Waals surface area (Å²) >= 11 is 0. The number of likely N-dealkylation sites (tertiary alicyclic amines) is 1. The van der Waals surface area contributed by atoms with Crippen LogP contribution in [0.5, 0.6) is 0 Å². The van der Waals surface area contributed by atoms with Gasteiger partial charge in [-0.25, -0.2) is 14.4 Å². The fourth-order valence-electron chi connectivity index (χ4n) is 2.70. The van der Waals surface area contributed by atoms with Crippen molar-refractivity contribution in [2.75, 3.05) is 19.6 Å². The Hall–Kier alpha value is -2.19. The molecule has 2 atom stereocenters. The Morgan fingerprint density at radius 1 is 0.793 bits per heavy atom. The molecular weight excluding hydrogens is 378 g/mol. The van der Waals surface area contributed by atoms with Crippen LogP contribution >= 0.6 is 0 Å². The van der Waals surface area contributed by atoms with E-state index in [1.807, 2.05) is 0 Å². The van der Waals surface area contributed by atoms with Crippen molar-refractivity contribution >= 4 is 18.3 Å². The van der Waals surface area contributed by atoms with Gasteiger partial charge in [0.2, 0.25) is 0 Å². The van der Waals surface area contributed by atoms with Crippen LogP contribution in [0.4, 0.5) is 14.4 Å². The number of nitrogens with one attached hydrogen (secondary N) is 2. The second-order valence-corrected chi connectivity index (χ2v) is 10.3. The summed E-state index contributed by atoms with van der Waals surface area (Å²) in [6, 6.07) is -0.396. The number of carbonyl (C=O) groups excluding carboxylic acids is 3. The van der Waals surface area contributed by atoms with E-state index in [0.29, 0.717) is 6.54 Å². The molecule has 0 aliphatic carbocycles. The summed E-state index contributed by atoms with van der Waals surface area (Å²) in [7, 11) is 0. The van der Waals surface area contributed by atoms with Crippen molar-refractivity contribution in [2.45, 2.75) is 85.2 Å². The van der Waals surface area contributed by atoms with E-state index in [4.69, 9.17) is 14.2 Å². The lowest BCUT2D eigenvalue weighted by molar-refractivity contribution is 0.0279. The van der Waals surface area contributed by atoms with Crippen LogP contribution in [0.1, 0.15) is 62.3 Å². The summed E-state index contributed by atoms with van der Waals surface area (Å²) in [6.07, 6.45) is -1.59. The van der Waals surface area contributed by atoms with Crippen LogP contribution in [0.2, 0.25) is 0 Å². The van der Waals surface area contributed by atoms with Gasteiger partial charge in [0.15, 0.2) is 0 Å². The fourth-order valence-corrected chi connectivity index (χ4v) is 2.70. The van der Waals surface area contributed by atoms with Crippen molar-refractivity contribution < 1.29 is 28.6 Å². The van der Waals surface area contributed by atoms with Crippen LogP contribution in [0.15, 0.2) is 0 Å². The lowest BCUT2D eigenvalue weighted by Crippen LogP contribution is -2.46. The van der Waals surface area contributed by atoms with Gasteiger partial charge in [0, 0.05) is 25.6 Å². The maximum absolute atomic E-state index is 12.4. The largest absolute Gasteiger partial charge is 0.444 e. The van der Waals surface area contributed by atoms with E-state index in [1.165, 1.54) is 4.90 Å². The first-order chi connectivity index (χ1) is 13.0. The number of hydrogen-bond acceptors (Lipinski definition) is 6. The highest BCUT2D eigenvalue weighted by Crippen LogP contribution is 2.21. The second-order valence-electron chi connectivity index (χ2n) is 10.3. The molecule has 168 valence electrons. The summed E-state index contributed by atoms with van der Waals surface area (Å²) in [5, 5.41) is 5.51.